The molecule has 0 unspecified atom stereocenters. The predicted octanol–water partition coefficient (Wildman–Crippen LogP) is 2.12. The van der Waals surface area contributed by atoms with Crippen LogP contribution in [0, 0.1) is 12.7 Å². The van der Waals surface area contributed by atoms with Crippen molar-refractivity contribution in [1.82, 2.24) is 4.57 Å². The third-order valence-corrected chi connectivity index (χ3v) is 3.34. The molecule has 0 aliphatic rings. The van der Waals surface area contributed by atoms with Crippen LogP contribution >= 0.6 is 0 Å². The van der Waals surface area contributed by atoms with Crippen LogP contribution in [0.15, 0.2) is 35.1 Å². The Morgan fingerprint density at radius 3 is 2.60 bits per heavy atom. The molecular weight excluding hydrogens is 261 g/mol. The van der Waals surface area contributed by atoms with Crippen LogP contribution in [0.25, 0.3) is 0 Å². The third-order valence-electron chi connectivity index (χ3n) is 3.34. The number of aryl methyl sites for hydroxylation is 1. The van der Waals surface area contributed by atoms with Crippen LogP contribution in [-0.2, 0) is 13.5 Å². The van der Waals surface area contributed by atoms with Crippen molar-refractivity contribution < 1.29 is 14.3 Å². The molecule has 0 amide bonds. The Morgan fingerprint density at radius 2 is 2.00 bits per heavy atom. The molecule has 0 atom stereocenters. The highest BCUT2D eigenvalue weighted by Crippen LogP contribution is 2.16. The SMILES string of the molecule is Cc1cc(=O)c(C(=O)O)c(Cc2ccccc2F)n1C. The van der Waals surface area contributed by atoms with Gasteiger partial charge in [0.05, 0.1) is 0 Å². The molecule has 1 aromatic carbocycles. The highest BCUT2D eigenvalue weighted by molar-refractivity contribution is 5.89. The Bertz CT molecular complexity index is 734. The fraction of sp³-hybridized carbons (Fsp3) is 0.200. The van der Waals surface area contributed by atoms with Crippen LogP contribution in [0.3, 0.4) is 0 Å². The van der Waals surface area contributed by atoms with Crippen LogP contribution in [0.4, 0.5) is 4.39 Å². The number of benzene rings is 1. The summed E-state index contributed by atoms with van der Waals surface area (Å²) in [5.74, 6) is -1.71. The second-order valence-corrected chi connectivity index (χ2v) is 4.60. The molecule has 1 N–H and O–H groups in total. The van der Waals surface area contributed by atoms with Gasteiger partial charge in [0, 0.05) is 30.9 Å². The highest BCUT2D eigenvalue weighted by atomic mass is 19.1. The molecule has 0 bridgehead atoms. The first kappa shape index (κ1) is 14.0. The number of halogens is 1. The fourth-order valence-corrected chi connectivity index (χ4v) is 2.14. The number of hydrogen-bond donors (Lipinski definition) is 1. The zero-order valence-electron chi connectivity index (χ0n) is 11.2. The smallest absolute Gasteiger partial charge is 0.341 e. The van der Waals surface area contributed by atoms with Crippen molar-refractivity contribution in [2.45, 2.75) is 13.3 Å². The van der Waals surface area contributed by atoms with E-state index in [-0.39, 0.29) is 12.0 Å². The summed E-state index contributed by atoms with van der Waals surface area (Å²) >= 11 is 0. The maximum Gasteiger partial charge on any atom is 0.341 e. The van der Waals surface area contributed by atoms with Crippen molar-refractivity contribution in [2.24, 2.45) is 7.05 Å². The molecule has 0 saturated heterocycles. The summed E-state index contributed by atoms with van der Waals surface area (Å²) in [5, 5.41) is 9.20. The van der Waals surface area contributed by atoms with E-state index in [1.165, 1.54) is 12.1 Å². The second-order valence-electron chi connectivity index (χ2n) is 4.60. The first-order valence-electron chi connectivity index (χ1n) is 6.08. The molecule has 0 fully saturated rings. The van der Waals surface area contributed by atoms with Gasteiger partial charge in [-0.2, -0.15) is 0 Å². The molecule has 1 heterocycles. The van der Waals surface area contributed by atoms with E-state index in [2.05, 4.69) is 0 Å². The van der Waals surface area contributed by atoms with E-state index in [4.69, 9.17) is 0 Å². The van der Waals surface area contributed by atoms with Gasteiger partial charge in [-0.25, -0.2) is 9.18 Å². The number of aromatic nitrogens is 1. The molecule has 2 rings (SSSR count). The van der Waals surface area contributed by atoms with Gasteiger partial charge in [-0.15, -0.1) is 0 Å². The largest absolute Gasteiger partial charge is 0.477 e. The number of rotatable bonds is 3. The Labute approximate surface area is 115 Å². The van der Waals surface area contributed by atoms with Gasteiger partial charge < -0.3 is 9.67 Å². The molecule has 0 spiro atoms. The molecule has 0 saturated carbocycles. The highest BCUT2D eigenvalue weighted by Gasteiger charge is 2.19. The van der Waals surface area contributed by atoms with Gasteiger partial charge in [-0.3, -0.25) is 4.79 Å². The maximum atomic E-state index is 13.7. The van der Waals surface area contributed by atoms with Crippen LogP contribution in [0.2, 0.25) is 0 Å². The minimum absolute atomic E-state index is 0.0573. The summed E-state index contributed by atoms with van der Waals surface area (Å²) in [6, 6.07) is 7.39. The number of aromatic carboxylic acids is 1. The lowest BCUT2D eigenvalue weighted by Gasteiger charge is -2.15. The summed E-state index contributed by atoms with van der Waals surface area (Å²) in [6.07, 6.45) is 0.0573. The van der Waals surface area contributed by atoms with Crippen LogP contribution in [0.5, 0.6) is 0 Å². The molecular formula is C15H14FNO3. The first-order valence-corrected chi connectivity index (χ1v) is 6.08. The minimum Gasteiger partial charge on any atom is -0.477 e. The van der Waals surface area contributed by atoms with E-state index in [1.807, 2.05) is 0 Å². The van der Waals surface area contributed by atoms with Gasteiger partial charge in [0.25, 0.3) is 0 Å². The van der Waals surface area contributed by atoms with E-state index >= 15 is 0 Å². The summed E-state index contributed by atoms with van der Waals surface area (Å²) in [4.78, 5) is 23.1. The average Bonchev–Trinajstić information content (AvgIpc) is 2.37. The second kappa shape index (κ2) is 5.28. The topological polar surface area (TPSA) is 59.3 Å². The first-order chi connectivity index (χ1) is 9.41. The molecule has 104 valence electrons. The molecule has 5 heteroatoms. The van der Waals surface area contributed by atoms with Gasteiger partial charge in [-0.1, -0.05) is 18.2 Å². The lowest BCUT2D eigenvalue weighted by molar-refractivity contribution is 0.0693. The number of carboxylic acid groups (broad SMARTS) is 1. The third kappa shape index (κ3) is 2.47. The van der Waals surface area contributed by atoms with Crippen molar-refractivity contribution >= 4 is 5.97 Å². The van der Waals surface area contributed by atoms with Crippen molar-refractivity contribution in [2.75, 3.05) is 0 Å². The zero-order chi connectivity index (χ0) is 14.9. The lowest BCUT2D eigenvalue weighted by atomic mass is 10.0. The molecule has 4 nitrogen and oxygen atoms in total. The Kier molecular flexibility index (Phi) is 3.70. The average molecular weight is 275 g/mol. The normalized spacial score (nSPS) is 10.6. The van der Waals surface area contributed by atoms with E-state index < -0.39 is 17.2 Å². The summed E-state index contributed by atoms with van der Waals surface area (Å²) in [6.45, 7) is 1.71. The quantitative estimate of drug-likeness (QED) is 0.933. The number of pyridine rings is 1. The van der Waals surface area contributed by atoms with Crippen LogP contribution < -0.4 is 5.43 Å². The van der Waals surface area contributed by atoms with Crippen molar-refractivity contribution in [1.29, 1.82) is 0 Å². The summed E-state index contributed by atoms with van der Waals surface area (Å²) in [5.41, 5.74) is 0.426. The van der Waals surface area contributed by atoms with E-state index in [0.29, 0.717) is 17.0 Å². The fourth-order valence-electron chi connectivity index (χ4n) is 2.14. The van der Waals surface area contributed by atoms with Crippen molar-refractivity contribution in [3.63, 3.8) is 0 Å². The minimum atomic E-state index is -1.29. The summed E-state index contributed by atoms with van der Waals surface area (Å²) in [7, 11) is 1.66. The monoisotopic (exact) mass is 275 g/mol. The maximum absolute atomic E-state index is 13.7. The van der Waals surface area contributed by atoms with Gasteiger partial charge >= 0.3 is 5.97 Å². The Hall–Kier alpha value is -2.43. The number of carboxylic acids is 1. The van der Waals surface area contributed by atoms with E-state index in [1.54, 1.807) is 36.7 Å². The van der Waals surface area contributed by atoms with E-state index in [0.717, 1.165) is 0 Å². The number of nitrogens with zero attached hydrogens (tertiary/aromatic N) is 1. The van der Waals surface area contributed by atoms with E-state index in [9.17, 15) is 19.1 Å². The van der Waals surface area contributed by atoms with Gasteiger partial charge in [0.15, 0.2) is 5.43 Å². The van der Waals surface area contributed by atoms with Gasteiger partial charge in [-0.05, 0) is 18.6 Å². The van der Waals surface area contributed by atoms with Gasteiger partial charge in [0.2, 0.25) is 0 Å². The van der Waals surface area contributed by atoms with Crippen molar-refractivity contribution in [3.8, 4) is 0 Å². The Balaban J connectivity index is 2.64. The molecule has 0 aliphatic carbocycles. The molecule has 1 aromatic heterocycles. The van der Waals surface area contributed by atoms with Crippen LogP contribution in [-0.4, -0.2) is 15.6 Å². The molecule has 20 heavy (non-hydrogen) atoms. The predicted molar refractivity (Wildman–Crippen MR) is 72.6 cm³/mol. The Morgan fingerprint density at radius 1 is 1.35 bits per heavy atom. The van der Waals surface area contributed by atoms with Crippen molar-refractivity contribution in [3.05, 3.63) is 68.9 Å². The zero-order valence-corrected chi connectivity index (χ0v) is 11.2. The molecule has 0 radical (unpaired) electrons. The van der Waals surface area contributed by atoms with Crippen LogP contribution in [0.1, 0.15) is 27.3 Å². The number of carbonyl (C=O) groups is 1. The van der Waals surface area contributed by atoms with Gasteiger partial charge in [0.1, 0.15) is 11.4 Å². The standard InChI is InChI=1S/C15H14FNO3/c1-9-7-13(18)14(15(19)20)12(17(9)2)8-10-5-3-4-6-11(10)16/h3-7H,8H2,1-2H3,(H,19,20). The summed E-state index contributed by atoms with van der Waals surface area (Å²) < 4.78 is 15.3. The number of hydrogen-bond acceptors (Lipinski definition) is 2. The molecule has 0 aliphatic heterocycles. The molecule has 2 aromatic rings. The lowest BCUT2D eigenvalue weighted by Crippen LogP contribution is -2.23.